The molecule has 0 amide bonds. The fraction of sp³-hybridized carbons (Fsp3) is 0.238. The van der Waals surface area contributed by atoms with Crippen molar-refractivity contribution in [2.75, 3.05) is 14.2 Å². The van der Waals surface area contributed by atoms with Gasteiger partial charge < -0.3 is 14.2 Å². The van der Waals surface area contributed by atoms with Crippen LogP contribution in [-0.2, 0) is 9.53 Å². The first kappa shape index (κ1) is 17.7. The molecule has 134 valence electrons. The Balaban J connectivity index is 1.89. The summed E-state index contributed by atoms with van der Waals surface area (Å²) >= 11 is 0. The standard InChI is InChI=1S/C21H21NO4/c1-13(2)15-7-5-14(6-8-15)11-17-21(23)26-20(22-17)16-9-10-18(24-3)19(12-16)25-4/h5-13H,1-4H3/b17-11+. The van der Waals surface area contributed by atoms with Gasteiger partial charge in [-0.2, -0.15) is 0 Å². The molecule has 0 radical (unpaired) electrons. The van der Waals surface area contributed by atoms with Crippen molar-refractivity contribution < 1.29 is 19.0 Å². The molecule has 5 heteroatoms. The number of aliphatic imine (C=N–C) groups is 1. The fourth-order valence-electron chi connectivity index (χ4n) is 2.64. The minimum atomic E-state index is -0.470. The second-order valence-corrected chi connectivity index (χ2v) is 6.23. The summed E-state index contributed by atoms with van der Waals surface area (Å²) < 4.78 is 15.8. The zero-order chi connectivity index (χ0) is 18.7. The molecule has 1 aliphatic heterocycles. The van der Waals surface area contributed by atoms with Crippen molar-refractivity contribution in [1.29, 1.82) is 0 Å². The first-order valence-electron chi connectivity index (χ1n) is 8.36. The lowest BCUT2D eigenvalue weighted by Gasteiger charge is -2.08. The summed E-state index contributed by atoms with van der Waals surface area (Å²) in [5.74, 6) is 1.39. The van der Waals surface area contributed by atoms with Crippen LogP contribution in [0.15, 0.2) is 53.2 Å². The number of hydrogen-bond acceptors (Lipinski definition) is 5. The SMILES string of the molecule is COc1ccc(C2=N/C(=C/c3ccc(C(C)C)cc3)C(=O)O2)cc1OC. The molecule has 0 saturated heterocycles. The molecule has 26 heavy (non-hydrogen) atoms. The summed E-state index contributed by atoms with van der Waals surface area (Å²) in [6, 6.07) is 13.3. The van der Waals surface area contributed by atoms with Gasteiger partial charge in [-0.15, -0.1) is 0 Å². The van der Waals surface area contributed by atoms with E-state index in [4.69, 9.17) is 14.2 Å². The van der Waals surface area contributed by atoms with Crippen LogP contribution in [0.3, 0.4) is 0 Å². The average Bonchev–Trinajstić information content (AvgIpc) is 3.02. The van der Waals surface area contributed by atoms with Crippen molar-refractivity contribution in [1.82, 2.24) is 0 Å². The first-order valence-corrected chi connectivity index (χ1v) is 8.36. The largest absolute Gasteiger partial charge is 0.493 e. The molecule has 0 unspecified atom stereocenters. The molecular weight excluding hydrogens is 330 g/mol. The fourth-order valence-corrected chi connectivity index (χ4v) is 2.64. The van der Waals surface area contributed by atoms with Crippen LogP contribution in [0.1, 0.15) is 36.5 Å². The number of hydrogen-bond donors (Lipinski definition) is 0. The molecule has 0 bridgehead atoms. The van der Waals surface area contributed by atoms with Crippen LogP contribution >= 0.6 is 0 Å². The number of benzene rings is 2. The number of carbonyl (C=O) groups is 1. The van der Waals surface area contributed by atoms with Crippen molar-refractivity contribution in [3.63, 3.8) is 0 Å². The zero-order valence-electron chi connectivity index (χ0n) is 15.3. The third-order valence-electron chi connectivity index (χ3n) is 4.16. The van der Waals surface area contributed by atoms with Gasteiger partial charge in [-0.3, -0.25) is 0 Å². The van der Waals surface area contributed by atoms with Gasteiger partial charge in [0.05, 0.1) is 14.2 Å². The van der Waals surface area contributed by atoms with Gasteiger partial charge in [-0.05, 0) is 41.3 Å². The average molecular weight is 351 g/mol. The molecule has 1 heterocycles. The first-order chi connectivity index (χ1) is 12.5. The Hall–Kier alpha value is -3.08. The van der Waals surface area contributed by atoms with E-state index in [0.29, 0.717) is 23.0 Å². The van der Waals surface area contributed by atoms with Gasteiger partial charge in [-0.25, -0.2) is 9.79 Å². The van der Waals surface area contributed by atoms with E-state index >= 15 is 0 Å². The highest BCUT2D eigenvalue weighted by atomic mass is 16.6. The molecule has 1 aliphatic rings. The maximum atomic E-state index is 12.2. The molecule has 2 aromatic rings. The Labute approximate surface area is 152 Å². The summed E-state index contributed by atoms with van der Waals surface area (Å²) in [6.45, 7) is 4.28. The van der Waals surface area contributed by atoms with E-state index in [0.717, 1.165) is 5.56 Å². The number of carbonyl (C=O) groups excluding carboxylic acids is 1. The van der Waals surface area contributed by atoms with Gasteiger partial charge >= 0.3 is 5.97 Å². The van der Waals surface area contributed by atoms with Crippen LogP contribution in [0.25, 0.3) is 6.08 Å². The molecule has 0 spiro atoms. The zero-order valence-corrected chi connectivity index (χ0v) is 15.3. The maximum Gasteiger partial charge on any atom is 0.363 e. The van der Waals surface area contributed by atoms with Crippen LogP contribution in [-0.4, -0.2) is 26.1 Å². The molecule has 0 aromatic heterocycles. The van der Waals surface area contributed by atoms with E-state index in [2.05, 4.69) is 31.0 Å². The van der Waals surface area contributed by atoms with Gasteiger partial charge in [0.1, 0.15) is 0 Å². The van der Waals surface area contributed by atoms with Crippen LogP contribution in [0.2, 0.25) is 0 Å². The highest BCUT2D eigenvalue weighted by molar-refractivity contribution is 6.13. The topological polar surface area (TPSA) is 57.1 Å². The van der Waals surface area contributed by atoms with E-state index < -0.39 is 5.97 Å². The lowest BCUT2D eigenvalue weighted by atomic mass is 10.0. The van der Waals surface area contributed by atoms with E-state index in [1.807, 2.05) is 12.1 Å². The number of cyclic esters (lactones) is 1. The highest BCUT2D eigenvalue weighted by Crippen LogP contribution is 2.29. The van der Waals surface area contributed by atoms with E-state index in [9.17, 15) is 4.79 Å². The van der Waals surface area contributed by atoms with Crippen molar-refractivity contribution in [2.24, 2.45) is 4.99 Å². The number of esters is 1. The monoisotopic (exact) mass is 351 g/mol. The maximum absolute atomic E-state index is 12.2. The Morgan fingerprint density at radius 2 is 1.69 bits per heavy atom. The van der Waals surface area contributed by atoms with Crippen molar-refractivity contribution in [2.45, 2.75) is 19.8 Å². The predicted molar refractivity (Wildman–Crippen MR) is 101 cm³/mol. The highest BCUT2D eigenvalue weighted by Gasteiger charge is 2.25. The second kappa shape index (κ2) is 7.44. The molecule has 3 rings (SSSR count). The number of rotatable bonds is 5. The third kappa shape index (κ3) is 3.61. The Bertz CT molecular complexity index is 879. The molecule has 0 saturated carbocycles. The van der Waals surface area contributed by atoms with Gasteiger partial charge in [-0.1, -0.05) is 38.1 Å². The molecule has 0 fully saturated rings. The Morgan fingerprint density at radius 3 is 2.31 bits per heavy atom. The van der Waals surface area contributed by atoms with Crippen molar-refractivity contribution in [3.05, 3.63) is 64.9 Å². The lowest BCUT2D eigenvalue weighted by molar-refractivity contribution is -0.129. The molecule has 0 aliphatic carbocycles. The van der Waals surface area contributed by atoms with E-state index in [-0.39, 0.29) is 11.6 Å². The van der Waals surface area contributed by atoms with Gasteiger partial charge in [0.15, 0.2) is 17.2 Å². The van der Waals surface area contributed by atoms with Crippen molar-refractivity contribution in [3.8, 4) is 11.5 Å². The summed E-state index contributed by atoms with van der Waals surface area (Å²) in [5, 5.41) is 0. The molecule has 0 atom stereocenters. The summed E-state index contributed by atoms with van der Waals surface area (Å²) in [5.41, 5.74) is 3.07. The second-order valence-electron chi connectivity index (χ2n) is 6.23. The van der Waals surface area contributed by atoms with Crippen LogP contribution in [0, 0.1) is 0 Å². The van der Waals surface area contributed by atoms with Gasteiger partial charge in [0.25, 0.3) is 0 Å². The van der Waals surface area contributed by atoms with E-state index in [1.54, 1.807) is 38.5 Å². The lowest BCUT2D eigenvalue weighted by Crippen LogP contribution is -2.06. The number of methoxy groups -OCH3 is 2. The minimum absolute atomic E-state index is 0.251. The smallest absolute Gasteiger partial charge is 0.363 e. The van der Waals surface area contributed by atoms with Crippen molar-refractivity contribution >= 4 is 17.9 Å². The van der Waals surface area contributed by atoms with E-state index in [1.165, 1.54) is 5.56 Å². The van der Waals surface area contributed by atoms with Gasteiger partial charge in [0.2, 0.25) is 5.90 Å². The van der Waals surface area contributed by atoms with Gasteiger partial charge in [0, 0.05) is 5.56 Å². The molecule has 2 aromatic carbocycles. The quantitative estimate of drug-likeness (QED) is 0.599. The van der Waals surface area contributed by atoms with Crippen LogP contribution in [0.5, 0.6) is 11.5 Å². The third-order valence-corrected chi connectivity index (χ3v) is 4.16. The Morgan fingerprint density at radius 1 is 1.00 bits per heavy atom. The summed E-state index contributed by atoms with van der Waals surface area (Å²) in [6.07, 6.45) is 1.72. The van der Waals surface area contributed by atoms with Crippen LogP contribution < -0.4 is 9.47 Å². The number of ether oxygens (including phenoxy) is 3. The number of nitrogens with zero attached hydrogens (tertiary/aromatic N) is 1. The molecule has 0 N–H and O–H groups in total. The molecular formula is C21H21NO4. The molecule has 5 nitrogen and oxygen atoms in total. The summed E-state index contributed by atoms with van der Waals surface area (Å²) in [4.78, 5) is 16.5. The Kier molecular flexibility index (Phi) is 5.07. The summed E-state index contributed by atoms with van der Waals surface area (Å²) in [7, 11) is 3.12. The normalized spacial score (nSPS) is 15.2. The predicted octanol–water partition coefficient (Wildman–Crippen LogP) is 4.17. The minimum Gasteiger partial charge on any atom is -0.493 e. The van der Waals surface area contributed by atoms with Crippen LogP contribution in [0.4, 0.5) is 0 Å².